The number of hydrogen-bond acceptors (Lipinski definition) is 7. The van der Waals surface area contributed by atoms with Gasteiger partial charge < -0.3 is 14.5 Å². The van der Waals surface area contributed by atoms with E-state index >= 15 is 0 Å². The molecule has 0 unspecified atom stereocenters. The Hall–Kier alpha value is -3.94. The Morgan fingerprint density at radius 2 is 1.90 bits per heavy atom. The highest BCUT2D eigenvalue weighted by Crippen LogP contribution is 2.26. The highest BCUT2D eigenvalue weighted by Gasteiger charge is 2.19. The maximum Gasteiger partial charge on any atom is 0.349 e. The lowest BCUT2D eigenvalue weighted by atomic mass is 10.1. The van der Waals surface area contributed by atoms with Crippen molar-refractivity contribution >= 4 is 22.7 Å². The summed E-state index contributed by atoms with van der Waals surface area (Å²) < 4.78 is 15.7. The van der Waals surface area contributed by atoms with Gasteiger partial charge in [0.05, 0.1) is 6.61 Å². The average Bonchev–Trinajstić information content (AvgIpc) is 3.22. The van der Waals surface area contributed by atoms with Gasteiger partial charge in [0.2, 0.25) is 5.82 Å². The number of para-hydroxylation sites is 1. The first-order chi connectivity index (χ1) is 14.7. The van der Waals surface area contributed by atoms with Crippen molar-refractivity contribution in [2.75, 3.05) is 11.9 Å². The Morgan fingerprint density at radius 3 is 2.70 bits per heavy atom. The Balaban J connectivity index is 1.54. The van der Waals surface area contributed by atoms with Crippen LogP contribution in [0.1, 0.15) is 30.1 Å². The summed E-state index contributed by atoms with van der Waals surface area (Å²) in [4.78, 5) is 24.9. The zero-order chi connectivity index (χ0) is 20.9. The predicted molar refractivity (Wildman–Crippen MR) is 111 cm³/mol. The largest absolute Gasteiger partial charge is 0.494 e. The molecule has 2 aromatic carbocycles. The van der Waals surface area contributed by atoms with Crippen molar-refractivity contribution in [1.29, 1.82) is 0 Å². The molecule has 1 amide bonds. The molecule has 8 heteroatoms. The van der Waals surface area contributed by atoms with E-state index in [9.17, 15) is 9.59 Å². The first-order valence-electron chi connectivity index (χ1n) is 9.55. The summed E-state index contributed by atoms with van der Waals surface area (Å²) in [5.41, 5.74) is 0.553. The number of aromatic nitrogens is 2. The maximum absolute atomic E-state index is 12.7. The van der Waals surface area contributed by atoms with Gasteiger partial charge in [-0.25, -0.2) is 9.42 Å². The van der Waals surface area contributed by atoms with Crippen LogP contribution in [0, 0.1) is 0 Å². The molecule has 0 aliphatic heterocycles. The van der Waals surface area contributed by atoms with Gasteiger partial charge in [0.15, 0.2) is 5.69 Å². The molecule has 1 N–H and O–H groups in total. The summed E-state index contributed by atoms with van der Waals surface area (Å²) >= 11 is 0. The second kappa shape index (κ2) is 8.60. The Labute approximate surface area is 171 Å². The van der Waals surface area contributed by atoms with E-state index in [2.05, 4.69) is 22.6 Å². The van der Waals surface area contributed by atoms with Crippen LogP contribution in [-0.4, -0.2) is 22.8 Å². The minimum atomic E-state index is -0.738. The third kappa shape index (κ3) is 4.07. The fraction of sp³-hybridized carbons (Fsp3) is 0.182. The monoisotopic (exact) mass is 405 g/mol. The first-order valence-corrected chi connectivity index (χ1v) is 9.55. The van der Waals surface area contributed by atoms with Gasteiger partial charge in [-0.3, -0.25) is 4.79 Å². The van der Waals surface area contributed by atoms with E-state index in [1.54, 1.807) is 36.4 Å². The molecule has 0 saturated carbocycles. The third-order valence-electron chi connectivity index (χ3n) is 4.50. The van der Waals surface area contributed by atoms with E-state index in [-0.39, 0.29) is 11.4 Å². The molecule has 4 rings (SSSR count). The van der Waals surface area contributed by atoms with Crippen LogP contribution in [0.2, 0.25) is 0 Å². The van der Waals surface area contributed by atoms with Crippen LogP contribution in [-0.2, 0) is 0 Å². The number of rotatable bonds is 7. The highest BCUT2D eigenvalue weighted by atomic mass is 16.6. The van der Waals surface area contributed by atoms with E-state index in [0.717, 1.165) is 18.6 Å². The molecule has 0 saturated heterocycles. The third-order valence-corrected chi connectivity index (χ3v) is 4.50. The Bertz CT molecular complexity index is 1230. The zero-order valence-corrected chi connectivity index (χ0v) is 16.3. The number of carbonyl (C=O) groups is 1. The second-order valence-corrected chi connectivity index (χ2v) is 6.63. The van der Waals surface area contributed by atoms with Crippen LogP contribution in [0.25, 0.3) is 22.2 Å². The van der Waals surface area contributed by atoms with Crippen LogP contribution < -0.4 is 15.7 Å². The van der Waals surface area contributed by atoms with Gasteiger partial charge in [0.25, 0.3) is 5.91 Å². The summed E-state index contributed by atoms with van der Waals surface area (Å²) in [6, 6.07) is 15.6. The minimum Gasteiger partial charge on any atom is -0.494 e. The lowest BCUT2D eigenvalue weighted by Gasteiger charge is -2.06. The highest BCUT2D eigenvalue weighted by molar-refractivity contribution is 6.06. The van der Waals surface area contributed by atoms with E-state index < -0.39 is 11.5 Å². The number of unbranched alkanes of at least 4 members (excludes halogenated alkanes) is 1. The number of carbonyl (C=O) groups excluding carboxylic acids is 1. The van der Waals surface area contributed by atoms with Gasteiger partial charge in [0.1, 0.15) is 16.9 Å². The van der Waals surface area contributed by atoms with Crippen LogP contribution in [0.3, 0.4) is 0 Å². The molecule has 0 aliphatic rings. The maximum atomic E-state index is 12.7. The van der Waals surface area contributed by atoms with Crippen LogP contribution in [0.5, 0.6) is 5.75 Å². The molecule has 0 radical (unpaired) electrons. The fourth-order valence-electron chi connectivity index (χ4n) is 2.90. The molecular weight excluding hydrogens is 386 g/mol. The molecule has 152 valence electrons. The first kappa shape index (κ1) is 19.4. The lowest BCUT2D eigenvalue weighted by Crippen LogP contribution is -2.21. The van der Waals surface area contributed by atoms with Gasteiger partial charge in [-0.15, -0.1) is 0 Å². The molecule has 2 heterocycles. The molecular formula is C22H19N3O5. The van der Waals surface area contributed by atoms with Crippen molar-refractivity contribution in [3.63, 3.8) is 0 Å². The quantitative estimate of drug-likeness (QED) is 0.361. The fourth-order valence-corrected chi connectivity index (χ4v) is 2.90. The van der Waals surface area contributed by atoms with E-state index in [0.29, 0.717) is 28.8 Å². The smallest absolute Gasteiger partial charge is 0.349 e. The van der Waals surface area contributed by atoms with Gasteiger partial charge >= 0.3 is 5.63 Å². The number of nitrogens with zero attached hydrogens (tertiary/aromatic N) is 2. The van der Waals surface area contributed by atoms with E-state index in [1.807, 2.05) is 12.1 Å². The number of anilines is 1. The number of amides is 1. The number of ether oxygens (including phenoxy) is 1. The Morgan fingerprint density at radius 1 is 1.10 bits per heavy atom. The average molecular weight is 405 g/mol. The molecule has 0 aliphatic carbocycles. The topological polar surface area (TPSA) is 107 Å². The molecule has 0 bridgehead atoms. The molecule has 0 spiro atoms. The van der Waals surface area contributed by atoms with Crippen molar-refractivity contribution in [2.24, 2.45) is 0 Å². The second-order valence-electron chi connectivity index (χ2n) is 6.63. The van der Waals surface area contributed by atoms with Crippen molar-refractivity contribution in [2.45, 2.75) is 19.8 Å². The van der Waals surface area contributed by atoms with E-state index in [1.165, 1.54) is 6.07 Å². The Kier molecular flexibility index (Phi) is 5.56. The predicted octanol–water partition coefficient (Wildman–Crippen LogP) is 4.27. The summed E-state index contributed by atoms with van der Waals surface area (Å²) in [6.07, 6.45) is 2.04. The van der Waals surface area contributed by atoms with Crippen LogP contribution in [0.4, 0.5) is 5.82 Å². The van der Waals surface area contributed by atoms with Gasteiger partial charge in [-0.2, -0.15) is 0 Å². The number of nitrogens with one attached hydrogen (secondary N) is 1. The van der Waals surface area contributed by atoms with Crippen molar-refractivity contribution in [3.05, 3.63) is 70.6 Å². The zero-order valence-electron chi connectivity index (χ0n) is 16.3. The number of benzene rings is 2. The number of hydrogen-bond donors (Lipinski definition) is 1. The molecule has 2 aromatic heterocycles. The molecule has 8 nitrogen and oxygen atoms in total. The summed E-state index contributed by atoms with van der Waals surface area (Å²) in [5, 5.41) is 10.8. The molecule has 30 heavy (non-hydrogen) atoms. The van der Waals surface area contributed by atoms with Crippen LogP contribution >= 0.6 is 0 Å². The standard InChI is InChI=1S/C22H19N3O5/c1-2-3-12-28-16-10-8-14(9-11-16)19-20(25-30-24-19)23-21(26)17-13-15-6-4-5-7-18(15)29-22(17)27/h4-11,13H,2-3,12H2,1H3,(H,23,25,26). The van der Waals surface area contributed by atoms with Crippen molar-refractivity contribution < 1.29 is 18.6 Å². The molecule has 0 atom stereocenters. The normalized spacial score (nSPS) is 10.8. The van der Waals surface area contributed by atoms with Crippen molar-refractivity contribution in [1.82, 2.24) is 10.3 Å². The van der Waals surface area contributed by atoms with Gasteiger partial charge in [-0.05, 0) is 53.1 Å². The number of fused-ring (bicyclic) bond motifs is 1. The SMILES string of the molecule is CCCCOc1ccc(-c2nonc2NC(=O)c2cc3ccccc3oc2=O)cc1. The summed E-state index contributed by atoms with van der Waals surface area (Å²) in [5.74, 6) is 0.182. The minimum absolute atomic E-state index is 0.104. The summed E-state index contributed by atoms with van der Waals surface area (Å²) in [6.45, 7) is 2.75. The van der Waals surface area contributed by atoms with Crippen molar-refractivity contribution in [3.8, 4) is 17.0 Å². The van der Waals surface area contributed by atoms with Gasteiger partial charge in [-0.1, -0.05) is 31.5 Å². The molecule has 0 fully saturated rings. The van der Waals surface area contributed by atoms with Gasteiger partial charge in [0, 0.05) is 10.9 Å². The van der Waals surface area contributed by atoms with E-state index in [4.69, 9.17) is 13.8 Å². The summed E-state index contributed by atoms with van der Waals surface area (Å²) in [7, 11) is 0. The lowest BCUT2D eigenvalue weighted by molar-refractivity contribution is 0.102. The van der Waals surface area contributed by atoms with Crippen LogP contribution in [0.15, 0.2) is 68.4 Å². The molecule has 4 aromatic rings.